The second-order valence-corrected chi connectivity index (χ2v) is 5.46. The summed E-state index contributed by atoms with van der Waals surface area (Å²) in [6, 6.07) is 9.03. The molecule has 3 N–H and O–H groups in total. The van der Waals surface area contributed by atoms with Gasteiger partial charge in [0.25, 0.3) is 0 Å². The Kier molecular flexibility index (Phi) is 5.27. The number of nitrogens with one attached hydrogen (secondary N) is 1. The smallest absolute Gasteiger partial charge is 0.229 e. The van der Waals surface area contributed by atoms with Crippen LogP contribution in [0.15, 0.2) is 30.3 Å². The van der Waals surface area contributed by atoms with Gasteiger partial charge < -0.3 is 11.1 Å². The number of likely N-dealkylation sites (tertiary alicyclic amines) is 1. The predicted molar refractivity (Wildman–Crippen MR) is 81.5 cm³/mol. The number of hydrogen-bond acceptors (Lipinski definition) is 4. The number of benzene rings is 1. The van der Waals surface area contributed by atoms with Gasteiger partial charge in [-0.2, -0.15) is 0 Å². The van der Waals surface area contributed by atoms with Crippen LogP contribution in [0.3, 0.4) is 0 Å². The third-order valence-corrected chi connectivity index (χ3v) is 3.93. The SMILES string of the molecule is CC(C(=O)NCCN1C(=O)CCC1=O)C(N)c1ccccc1. The number of carbonyl (C=O) groups excluding carboxylic acids is 3. The fourth-order valence-corrected chi connectivity index (χ4v) is 2.45. The normalized spacial score (nSPS) is 17.5. The lowest BCUT2D eigenvalue weighted by molar-refractivity contribution is -0.138. The molecule has 6 nitrogen and oxygen atoms in total. The molecule has 6 heteroatoms. The quantitative estimate of drug-likeness (QED) is 0.752. The Bertz CT molecular complexity index is 543. The topological polar surface area (TPSA) is 92.5 Å². The van der Waals surface area contributed by atoms with Crippen molar-refractivity contribution in [2.75, 3.05) is 13.1 Å². The largest absolute Gasteiger partial charge is 0.354 e. The molecule has 0 saturated carbocycles. The van der Waals surface area contributed by atoms with E-state index in [1.54, 1.807) is 6.92 Å². The Hall–Kier alpha value is -2.21. The highest BCUT2D eigenvalue weighted by Gasteiger charge is 2.28. The lowest BCUT2D eigenvalue weighted by Gasteiger charge is -2.20. The summed E-state index contributed by atoms with van der Waals surface area (Å²) in [6.07, 6.45) is 0.532. The van der Waals surface area contributed by atoms with Gasteiger partial charge in [-0.25, -0.2) is 0 Å². The van der Waals surface area contributed by atoms with Gasteiger partial charge in [-0.3, -0.25) is 19.3 Å². The van der Waals surface area contributed by atoms with E-state index in [0.29, 0.717) is 0 Å². The van der Waals surface area contributed by atoms with Crippen LogP contribution < -0.4 is 11.1 Å². The van der Waals surface area contributed by atoms with Crippen LogP contribution in [0.2, 0.25) is 0 Å². The molecular formula is C16H21N3O3. The first-order valence-corrected chi connectivity index (χ1v) is 7.42. The highest BCUT2D eigenvalue weighted by atomic mass is 16.2. The second kappa shape index (κ2) is 7.17. The standard InChI is InChI=1S/C16H21N3O3/c1-11(15(17)12-5-3-2-4-6-12)16(22)18-9-10-19-13(20)7-8-14(19)21/h2-6,11,15H,7-10,17H2,1H3,(H,18,22). The summed E-state index contributed by atoms with van der Waals surface area (Å²) in [6.45, 7) is 2.23. The van der Waals surface area contributed by atoms with Crippen molar-refractivity contribution < 1.29 is 14.4 Å². The van der Waals surface area contributed by atoms with Crippen LogP contribution in [0.1, 0.15) is 31.4 Å². The monoisotopic (exact) mass is 303 g/mol. The van der Waals surface area contributed by atoms with Gasteiger partial charge in [-0.05, 0) is 5.56 Å². The fraction of sp³-hybridized carbons (Fsp3) is 0.438. The average Bonchev–Trinajstić information content (AvgIpc) is 2.86. The molecule has 118 valence electrons. The summed E-state index contributed by atoms with van der Waals surface area (Å²) in [7, 11) is 0. The number of imide groups is 1. The Morgan fingerprint density at radius 1 is 1.23 bits per heavy atom. The van der Waals surface area contributed by atoms with Gasteiger partial charge in [0, 0.05) is 32.0 Å². The molecule has 0 radical (unpaired) electrons. The van der Waals surface area contributed by atoms with Crippen molar-refractivity contribution in [1.29, 1.82) is 0 Å². The molecule has 0 bridgehead atoms. The molecule has 2 unspecified atom stereocenters. The summed E-state index contributed by atoms with van der Waals surface area (Å²) in [4.78, 5) is 36.2. The van der Waals surface area contributed by atoms with Crippen LogP contribution in [0, 0.1) is 5.92 Å². The molecule has 1 aromatic carbocycles. The van der Waals surface area contributed by atoms with E-state index in [4.69, 9.17) is 5.73 Å². The van der Waals surface area contributed by atoms with Gasteiger partial charge in [-0.1, -0.05) is 37.3 Å². The molecule has 22 heavy (non-hydrogen) atoms. The van der Waals surface area contributed by atoms with Crippen molar-refractivity contribution in [3.63, 3.8) is 0 Å². The zero-order valence-corrected chi connectivity index (χ0v) is 12.6. The summed E-state index contributed by atoms with van der Waals surface area (Å²) in [5.74, 6) is -0.926. The van der Waals surface area contributed by atoms with E-state index in [-0.39, 0.29) is 43.7 Å². The number of hydrogen-bond donors (Lipinski definition) is 2. The van der Waals surface area contributed by atoms with Gasteiger partial charge in [0.1, 0.15) is 0 Å². The van der Waals surface area contributed by atoms with Crippen molar-refractivity contribution in [2.24, 2.45) is 11.7 Å². The van der Waals surface area contributed by atoms with Crippen LogP contribution in [-0.4, -0.2) is 35.7 Å². The van der Waals surface area contributed by atoms with E-state index in [1.807, 2.05) is 30.3 Å². The number of rotatable bonds is 6. The number of nitrogens with zero attached hydrogens (tertiary/aromatic N) is 1. The molecular weight excluding hydrogens is 282 g/mol. The first kappa shape index (κ1) is 16.2. The highest BCUT2D eigenvalue weighted by Crippen LogP contribution is 2.19. The van der Waals surface area contributed by atoms with Gasteiger partial charge in [0.15, 0.2) is 0 Å². The molecule has 1 aliphatic rings. The zero-order valence-electron chi connectivity index (χ0n) is 12.6. The summed E-state index contributed by atoms with van der Waals surface area (Å²) in [5, 5.41) is 2.74. The minimum Gasteiger partial charge on any atom is -0.354 e. The molecule has 2 rings (SSSR count). The number of nitrogens with two attached hydrogens (primary N) is 1. The Morgan fingerprint density at radius 2 is 1.82 bits per heavy atom. The fourth-order valence-electron chi connectivity index (χ4n) is 2.45. The molecule has 3 amide bonds. The van der Waals surface area contributed by atoms with Crippen LogP contribution in [0.5, 0.6) is 0 Å². The molecule has 1 fully saturated rings. The Balaban J connectivity index is 1.82. The molecule has 1 aliphatic heterocycles. The van der Waals surface area contributed by atoms with E-state index < -0.39 is 12.0 Å². The molecule has 2 atom stereocenters. The van der Waals surface area contributed by atoms with Gasteiger partial charge >= 0.3 is 0 Å². The van der Waals surface area contributed by atoms with E-state index in [2.05, 4.69) is 5.32 Å². The third kappa shape index (κ3) is 3.71. The van der Waals surface area contributed by atoms with Crippen molar-refractivity contribution in [3.05, 3.63) is 35.9 Å². The van der Waals surface area contributed by atoms with Crippen molar-refractivity contribution >= 4 is 17.7 Å². The molecule has 0 spiro atoms. The maximum atomic E-state index is 12.1. The minimum atomic E-state index is -0.396. The average molecular weight is 303 g/mol. The second-order valence-electron chi connectivity index (χ2n) is 5.46. The lowest BCUT2D eigenvalue weighted by atomic mass is 9.95. The molecule has 1 heterocycles. The van der Waals surface area contributed by atoms with Gasteiger partial charge in [0.05, 0.1) is 5.92 Å². The number of carbonyl (C=O) groups is 3. The maximum Gasteiger partial charge on any atom is 0.229 e. The Morgan fingerprint density at radius 3 is 2.41 bits per heavy atom. The van der Waals surface area contributed by atoms with Crippen LogP contribution >= 0.6 is 0 Å². The van der Waals surface area contributed by atoms with Gasteiger partial charge in [-0.15, -0.1) is 0 Å². The molecule has 0 aliphatic carbocycles. The van der Waals surface area contributed by atoms with E-state index in [9.17, 15) is 14.4 Å². The third-order valence-electron chi connectivity index (χ3n) is 3.93. The summed E-state index contributed by atoms with van der Waals surface area (Å²) >= 11 is 0. The summed E-state index contributed by atoms with van der Waals surface area (Å²) in [5.41, 5.74) is 7.00. The zero-order chi connectivity index (χ0) is 16.1. The predicted octanol–water partition coefficient (Wildman–Crippen LogP) is 0.588. The van der Waals surface area contributed by atoms with E-state index >= 15 is 0 Å². The Labute approximate surface area is 129 Å². The lowest BCUT2D eigenvalue weighted by Crippen LogP contribution is -2.41. The van der Waals surface area contributed by atoms with E-state index in [0.717, 1.165) is 5.56 Å². The van der Waals surface area contributed by atoms with Crippen molar-refractivity contribution in [2.45, 2.75) is 25.8 Å². The first-order valence-electron chi connectivity index (χ1n) is 7.42. The highest BCUT2D eigenvalue weighted by molar-refractivity contribution is 6.01. The van der Waals surface area contributed by atoms with Crippen LogP contribution in [0.25, 0.3) is 0 Å². The van der Waals surface area contributed by atoms with Crippen LogP contribution in [0.4, 0.5) is 0 Å². The molecule has 1 aromatic rings. The maximum absolute atomic E-state index is 12.1. The van der Waals surface area contributed by atoms with Crippen molar-refractivity contribution in [1.82, 2.24) is 10.2 Å². The van der Waals surface area contributed by atoms with Crippen LogP contribution in [-0.2, 0) is 14.4 Å². The van der Waals surface area contributed by atoms with E-state index in [1.165, 1.54) is 4.90 Å². The summed E-state index contributed by atoms with van der Waals surface area (Å²) < 4.78 is 0. The first-order chi connectivity index (χ1) is 10.5. The molecule has 1 saturated heterocycles. The van der Waals surface area contributed by atoms with Crippen molar-refractivity contribution in [3.8, 4) is 0 Å². The molecule has 0 aromatic heterocycles. The van der Waals surface area contributed by atoms with Gasteiger partial charge in [0.2, 0.25) is 17.7 Å². The number of amides is 3. The minimum absolute atomic E-state index is 0.173.